The minimum atomic E-state index is -0.628. The number of carbonyl (C=O) groups is 4. The number of nitrogens with zero attached hydrogens (tertiary/aromatic N) is 6. The molecule has 4 aliphatic rings. The van der Waals surface area contributed by atoms with Crippen LogP contribution in [0.1, 0.15) is 109 Å². The van der Waals surface area contributed by atoms with Crippen molar-refractivity contribution in [2.24, 2.45) is 24.9 Å². The molecule has 0 unspecified atom stereocenters. The molecule has 0 saturated heterocycles. The Labute approximate surface area is 349 Å². The van der Waals surface area contributed by atoms with E-state index in [2.05, 4.69) is 20.5 Å². The van der Waals surface area contributed by atoms with Gasteiger partial charge >= 0.3 is 12.1 Å². The van der Waals surface area contributed by atoms with Gasteiger partial charge in [-0.2, -0.15) is 0 Å². The van der Waals surface area contributed by atoms with E-state index in [9.17, 15) is 24.3 Å². The van der Waals surface area contributed by atoms with Crippen LogP contribution in [0.25, 0.3) is 11.1 Å². The number of amides is 3. The molecule has 0 atom stereocenters. The zero-order chi connectivity index (χ0) is 42.0. The summed E-state index contributed by atoms with van der Waals surface area (Å²) in [5.74, 6) is -0.823. The summed E-state index contributed by atoms with van der Waals surface area (Å²) >= 11 is 7.01. The van der Waals surface area contributed by atoms with Gasteiger partial charge in [-0.15, -0.1) is 0 Å². The van der Waals surface area contributed by atoms with E-state index in [1.165, 1.54) is 0 Å². The van der Waals surface area contributed by atoms with E-state index >= 15 is 0 Å². The fourth-order valence-electron chi connectivity index (χ4n) is 9.80. The van der Waals surface area contributed by atoms with Gasteiger partial charge in [-0.05, 0) is 101 Å². The number of rotatable bonds is 9. The molecule has 2 aromatic carbocycles. The van der Waals surface area contributed by atoms with Gasteiger partial charge in [0, 0.05) is 69.2 Å². The Morgan fingerprint density at radius 3 is 2.02 bits per heavy atom. The Bertz CT molecular complexity index is 2370. The van der Waals surface area contributed by atoms with Gasteiger partial charge in [0.15, 0.2) is 11.6 Å². The number of carboxylic acids is 1. The number of aromatic nitrogens is 4. The third-order valence-corrected chi connectivity index (χ3v) is 13.6. The first kappa shape index (κ1) is 40.6. The summed E-state index contributed by atoms with van der Waals surface area (Å²) in [4.78, 5) is 65.6. The summed E-state index contributed by atoms with van der Waals surface area (Å²) in [6.07, 6.45) is 6.27. The minimum absolute atomic E-state index is 0.134. The molecule has 14 nitrogen and oxygen atoms in total. The van der Waals surface area contributed by atoms with Crippen LogP contribution in [0, 0.1) is 17.8 Å². The van der Waals surface area contributed by atoms with Crippen LogP contribution in [0.2, 0.25) is 5.02 Å². The molecule has 4 heterocycles. The van der Waals surface area contributed by atoms with Gasteiger partial charge in [-0.1, -0.05) is 35.9 Å². The molecule has 2 aromatic heterocycles. The lowest BCUT2D eigenvalue weighted by atomic mass is 9.80. The number of anilines is 2. The van der Waals surface area contributed by atoms with Gasteiger partial charge in [-0.25, -0.2) is 14.8 Å². The number of fused-ring (bicyclic) bond motifs is 4. The van der Waals surface area contributed by atoms with Crippen LogP contribution in [0.5, 0.6) is 0 Å². The lowest BCUT2D eigenvalue weighted by Crippen LogP contribution is -2.40. The molecule has 3 N–H and O–H groups in total. The van der Waals surface area contributed by atoms with Crippen LogP contribution in [0.4, 0.5) is 16.2 Å². The summed E-state index contributed by atoms with van der Waals surface area (Å²) in [5, 5.41) is 16.2. The van der Waals surface area contributed by atoms with E-state index in [1.807, 2.05) is 69.6 Å². The molecule has 312 valence electrons. The van der Waals surface area contributed by atoms with Crippen molar-refractivity contribution in [3.05, 3.63) is 81.4 Å². The Morgan fingerprint density at radius 1 is 0.831 bits per heavy atom. The van der Waals surface area contributed by atoms with E-state index < -0.39 is 29.0 Å². The summed E-state index contributed by atoms with van der Waals surface area (Å²) in [6.45, 7) is 10.5. The van der Waals surface area contributed by atoms with Crippen LogP contribution in [0.3, 0.4) is 0 Å². The van der Waals surface area contributed by atoms with Gasteiger partial charge in [-0.3, -0.25) is 19.3 Å². The molecule has 0 radical (unpaired) electrons. The second kappa shape index (κ2) is 15.1. The topological polar surface area (TPSA) is 164 Å². The summed E-state index contributed by atoms with van der Waals surface area (Å²) in [6, 6.07) is 11.0. The molecule has 15 heteroatoms. The number of halogens is 1. The third kappa shape index (κ3) is 7.61. The average Bonchev–Trinajstić information content (AvgIpc) is 3.95. The predicted octanol–water partition coefficient (Wildman–Crippen LogP) is 7.36. The lowest BCUT2D eigenvalue weighted by molar-refractivity contribution is -0.148. The van der Waals surface area contributed by atoms with Crippen LogP contribution in [-0.2, 0) is 49.6 Å². The molecule has 4 aromatic rings. The number of hydrogen-bond acceptors (Lipinski definition) is 8. The molecule has 2 fully saturated rings. The summed E-state index contributed by atoms with van der Waals surface area (Å²) in [5.41, 5.74) is 5.79. The Hall–Kier alpha value is -5.21. The Kier molecular flexibility index (Phi) is 10.4. The molecular weight excluding hydrogens is 772 g/mol. The largest absolute Gasteiger partial charge is 0.481 e. The smallest absolute Gasteiger partial charge is 0.410 e. The molecular formula is C44H53ClN8O6. The summed E-state index contributed by atoms with van der Waals surface area (Å²) < 4.78 is 9.21. The second-order valence-electron chi connectivity index (χ2n) is 18.0. The SMILES string of the molecule is Cc1c(NC(=O)c2nc3c(n2C)CCN(CCC24CCC(C(=O)O)(CC2)C4)C3)cccc1-c1cccc(NC(=O)c2nc3c(n2C)CCN(C(=O)OC(C)(C)C)C3)c1Cl. The van der Waals surface area contributed by atoms with Crippen molar-refractivity contribution in [1.82, 2.24) is 28.9 Å². The maximum absolute atomic E-state index is 13.8. The number of aliphatic carboxylic acids is 1. The van der Waals surface area contributed by atoms with Crippen molar-refractivity contribution in [2.45, 2.75) is 97.8 Å². The van der Waals surface area contributed by atoms with Gasteiger partial charge < -0.3 is 34.5 Å². The highest BCUT2D eigenvalue weighted by Crippen LogP contribution is 2.63. The molecule has 2 saturated carbocycles. The minimum Gasteiger partial charge on any atom is -0.481 e. The second-order valence-corrected chi connectivity index (χ2v) is 18.4. The van der Waals surface area contributed by atoms with Crippen molar-refractivity contribution in [3.8, 4) is 11.1 Å². The highest BCUT2D eigenvalue weighted by atomic mass is 35.5. The van der Waals surface area contributed by atoms with Crippen molar-refractivity contribution in [3.63, 3.8) is 0 Å². The van der Waals surface area contributed by atoms with Crippen molar-refractivity contribution >= 4 is 46.9 Å². The standard InChI is InChI=1S/C44H53ClN8O6/c1-26-27(28-10-8-12-30(35(28)45)49-39(55)37-47-32-24-53(21-14-34(32)51(37)6)41(58)59-42(2,3)4)9-7-11-29(26)48-38(54)36-46-31-23-52(20-13-33(31)50(36)5)22-19-43-15-17-44(25-43,18-16-43)40(56)57/h7-12H,13-25H2,1-6H3,(H,48,54)(H,49,55)(H,56,57). The van der Waals surface area contributed by atoms with E-state index in [1.54, 1.807) is 22.6 Å². The van der Waals surface area contributed by atoms with Crippen molar-refractivity contribution in [1.29, 1.82) is 0 Å². The van der Waals surface area contributed by atoms with E-state index in [-0.39, 0.29) is 23.7 Å². The molecule has 2 bridgehead atoms. The van der Waals surface area contributed by atoms with Crippen LogP contribution < -0.4 is 10.6 Å². The molecule has 3 amide bonds. The number of hydrogen-bond donors (Lipinski definition) is 3. The van der Waals surface area contributed by atoms with Crippen LogP contribution in [0.15, 0.2) is 36.4 Å². The maximum Gasteiger partial charge on any atom is 0.410 e. The zero-order valence-electron chi connectivity index (χ0n) is 34.7. The quantitative estimate of drug-likeness (QED) is 0.156. The first-order valence-electron chi connectivity index (χ1n) is 20.5. The highest BCUT2D eigenvalue weighted by molar-refractivity contribution is 6.36. The average molecular weight is 825 g/mol. The Balaban J connectivity index is 0.932. The molecule has 0 spiro atoms. The van der Waals surface area contributed by atoms with E-state index in [0.717, 1.165) is 86.2 Å². The maximum atomic E-state index is 13.8. The molecule has 8 rings (SSSR count). The van der Waals surface area contributed by atoms with E-state index in [0.29, 0.717) is 53.0 Å². The normalized spacial score (nSPS) is 21.2. The fraction of sp³-hybridized carbons (Fsp3) is 0.500. The molecule has 2 aliphatic heterocycles. The van der Waals surface area contributed by atoms with Crippen molar-refractivity contribution in [2.75, 3.05) is 30.3 Å². The summed E-state index contributed by atoms with van der Waals surface area (Å²) in [7, 11) is 3.68. The highest BCUT2D eigenvalue weighted by Gasteiger charge is 2.57. The van der Waals surface area contributed by atoms with Crippen LogP contribution >= 0.6 is 11.6 Å². The van der Waals surface area contributed by atoms with Gasteiger partial charge in [0.1, 0.15) is 5.60 Å². The molecule has 59 heavy (non-hydrogen) atoms. The first-order valence-corrected chi connectivity index (χ1v) is 20.9. The monoisotopic (exact) mass is 824 g/mol. The third-order valence-electron chi connectivity index (χ3n) is 13.2. The van der Waals surface area contributed by atoms with Crippen LogP contribution in [-0.4, -0.2) is 83.1 Å². The van der Waals surface area contributed by atoms with Gasteiger partial charge in [0.05, 0.1) is 34.1 Å². The molecule has 2 aliphatic carbocycles. The van der Waals surface area contributed by atoms with Gasteiger partial charge in [0.25, 0.3) is 11.8 Å². The first-order chi connectivity index (χ1) is 28.0. The number of nitrogens with one attached hydrogen (secondary N) is 2. The van der Waals surface area contributed by atoms with Crippen molar-refractivity contribution < 1.29 is 29.0 Å². The Morgan fingerprint density at radius 2 is 1.41 bits per heavy atom. The van der Waals surface area contributed by atoms with E-state index in [4.69, 9.17) is 21.3 Å². The number of carbonyl (C=O) groups excluding carboxylic acids is 3. The number of ether oxygens (including phenoxy) is 1. The number of imidazole rings is 2. The predicted molar refractivity (Wildman–Crippen MR) is 223 cm³/mol. The zero-order valence-corrected chi connectivity index (χ0v) is 35.5. The van der Waals surface area contributed by atoms with Gasteiger partial charge in [0.2, 0.25) is 0 Å². The lowest BCUT2D eigenvalue weighted by Gasteiger charge is -2.32. The number of carboxylic acid groups (broad SMARTS) is 1. The fourth-order valence-corrected chi connectivity index (χ4v) is 10.1. The number of benzene rings is 2.